The lowest BCUT2D eigenvalue weighted by atomic mass is 9.82. The van der Waals surface area contributed by atoms with E-state index in [-0.39, 0.29) is 17.8 Å². The zero-order valence-corrected chi connectivity index (χ0v) is 15.4. The molecule has 7 heteroatoms. The monoisotopic (exact) mass is 388 g/mol. The highest BCUT2D eigenvalue weighted by Gasteiger charge is 2.46. The van der Waals surface area contributed by atoms with Gasteiger partial charge < -0.3 is 19.3 Å². The van der Waals surface area contributed by atoms with Crippen LogP contribution in [0.25, 0.3) is 5.57 Å². The minimum absolute atomic E-state index is 0.116. The molecule has 0 aliphatic carbocycles. The summed E-state index contributed by atoms with van der Waals surface area (Å²) in [5.74, 6) is -1.32. The van der Waals surface area contributed by atoms with E-state index in [1.807, 2.05) is 0 Å². The molecule has 2 aromatic rings. The number of carbonyl (C=O) groups excluding carboxylic acids is 2. The van der Waals surface area contributed by atoms with E-state index in [4.69, 9.17) is 25.8 Å². The number of aliphatic hydroxyl groups is 1. The molecule has 0 aromatic heterocycles. The van der Waals surface area contributed by atoms with Gasteiger partial charge in [-0.05, 0) is 23.8 Å². The van der Waals surface area contributed by atoms with Gasteiger partial charge >= 0.3 is 11.9 Å². The van der Waals surface area contributed by atoms with Crippen molar-refractivity contribution in [3.63, 3.8) is 0 Å². The first-order valence-electron chi connectivity index (χ1n) is 8.04. The van der Waals surface area contributed by atoms with Crippen molar-refractivity contribution in [2.75, 3.05) is 20.8 Å². The summed E-state index contributed by atoms with van der Waals surface area (Å²) in [7, 11) is 2.37. The molecule has 1 atom stereocenters. The van der Waals surface area contributed by atoms with Crippen LogP contribution in [0.5, 0.6) is 5.75 Å². The number of methoxy groups -OCH3 is 2. The number of para-hydroxylation sites is 1. The number of ether oxygens (including phenoxy) is 3. The van der Waals surface area contributed by atoms with E-state index in [2.05, 4.69) is 0 Å². The van der Waals surface area contributed by atoms with Gasteiger partial charge in [-0.25, -0.2) is 9.59 Å². The van der Waals surface area contributed by atoms with Crippen LogP contribution >= 0.6 is 11.6 Å². The Kier molecular flexibility index (Phi) is 5.21. The third kappa shape index (κ3) is 3.29. The van der Waals surface area contributed by atoms with Gasteiger partial charge in [-0.2, -0.15) is 0 Å². The van der Waals surface area contributed by atoms with E-state index in [9.17, 15) is 14.7 Å². The molecule has 0 saturated heterocycles. The molecular formula is C20H17ClO6. The number of esters is 2. The average Bonchev–Trinajstić information content (AvgIpc) is 2.82. The Labute approximate surface area is 160 Å². The van der Waals surface area contributed by atoms with Gasteiger partial charge in [-0.1, -0.05) is 41.9 Å². The first kappa shape index (κ1) is 18.9. The van der Waals surface area contributed by atoms with E-state index in [0.717, 1.165) is 0 Å². The Morgan fingerprint density at radius 2 is 1.67 bits per heavy atom. The fourth-order valence-electron chi connectivity index (χ4n) is 3.04. The molecule has 1 N–H and O–H groups in total. The second kappa shape index (κ2) is 7.42. The fraction of sp³-hybridized carbons (Fsp3) is 0.200. The largest absolute Gasteiger partial charge is 0.489 e. The number of rotatable bonds is 3. The van der Waals surface area contributed by atoms with Crippen molar-refractivity contribution in [1.29, 1.82) is 0 Å². The lowest BCUT2D eigenvalue weighted by Crippen LogP contribution is -2.39. The topological polar surface area (TPSA) is 82.1 Å². The van der Waals surface area contributed by atoms with E-state index < -0.39 is 17.5 Å². The summed E-state index contributed by atoms with van der Waals surface area (Å²) in [5, 5.41) is 12.0. The number of hydrogen-bond acceptors (Lipinski definition) is 6. The molecule has 1 aliphatic heterocycles. The van der Waals surface area contributed by atoms with Crippen molar-refractivity contribution in [1.82, 2.24) is 0 Å². The number of fused-ring (bicyclic) bond motifs is 1. The molecule has 27 heavy (non-hydrogen) atoms. The number of benzene rings is 2. The molecule has 140 valence electrons. The van der Waals surface area contributed by atoms with E-state index in [1.165, 1.54) is 14.2 Å². The molecule has 0 amide bonds. The fourth-order valence-corrected chi connectivity index (χ4v) is 3.16. The van der Waals surface area contributed by atoms with Crippen LogP contribution in [0.4, 0.5) is 0 Å². The molecule has 6 nitrogen and oxygen atoms in total. The third-order valence-electron chi connectivity index (χ3n) is 4.36. The van der Waals surface area contributed by atoms with E-state index in [1.54, 1.807) is 48.5 Å². The van der Waals surface area contributed by atoms with E-state index >= 15 is 0 Å². The molecule has 1 aliphatic rings. The van der Waals surface area contributed by atoms with Gasteiger partial charge in [0, 0.05) is 10.6 Å². The minimum Gasteiger partial charge on any atom is -0.489 e. The highest BCUT2D eigenvalue weighted by atomic mass is 35.5. The molecule has 3 rings (SSSR count). The molecule has 0 radical (unpaired) electrons. The molecule has 0 saturated carbocycles. The van der Waals surface area contributed by atoms with Crippen molar-refractivity contribution < 1.29 is 28.9 Å². The summed E-state index contributed by atoms with van der Waals surface area (Å²) in [4.78, 5) is 25.3. The third-order valence-corrected chi connectivity index (χ3v) is 4.61. The van der Waals surface area contributed by atoms with E-state index in [0.29, 0.717) is 21.9 Å². The maximum atomic E-state index is 12.7. The molecule has 0 fully saturated rings. The second-order valence-corrected chi connectivity index (χ2v) is 6.32. The lowest BCUT2D eigenvalue weighted by molar-refractivity contribution is -0.140. The minimum atomic E-state index is -1.96. The van der Waals surface area contributed by atoms with Gasteiger partial charge in [0.2, 0.25) is 0 Å². The standard InChI is InChI=1S/C20H17ClO6/c1-25-18(22)16-14-5-3-4-6-15(14)27-11-20(24,17(16)19(23)26-2)12-7-9-13(21)10-8-12/h3-10,24H,11H2,1-2H3. The van der Waals surface area contributed by atoms with Crippen LogP contribution in [-0.2, 0) is 24.7 Å². The number of hydrogen-bond donors (Lipinski definition) is 1. The Morgan fingerprint density at radius 3 is 2.30 bits per heavy atom. The van der Waals surface area contributed by atoms with Gasteiger partial charge in [-0.3, -0.25) is 0 Å². The highest BCUT2D eigenvalue weighted by molar-refractivity contribution is 6.30. The second-order valence-electron chi connectivity index (χ2n) is 5.89. The van der Waals surface area contributed by atoms with Crippen LogP contribution in [0.3, 0.4) is 0 Å². The molecule has 0 bridgehead atoms. The molecular weight excluding hydrogens is 372 g/mol. The Hall–Kier alpha value is -2.83. The van der Waals surface area contributed by atoms with Crippen LogP contribution in [0.15, 0.2) is 54.1 Å². The average molecular weight is 389 g/mol. The van der Waals surface area contributed by atoms with Crippen molar-refractivity contribution in [3.05, 3.63) is 70.3 Å². The maximum absolute atomic E-state index is 12.7. The Morgan fingerprint density at radius 1 is 1.04 bits per heavy atom. The van der Waals surface area contributed by atoms with Gasteiger partial charge in [0.15, 0.2) is 5.60 Å². The Bertz CT molecular complexity index is 918. The quantitative estimate of drug-likeness (QED) is 0.814. The molecule has 1 unspecified atom stereocenters. The first-order valence-corrected chi connectivity index (χ1v) is 8.42. The van der Waals surface area contributed by atoms with Crippen molar-refractivity contribution >= 4 is 29.1 Å². The van der Waals surface area contributed by atoms with Crippen molar-refractivity contribution in [2.45, 2.75) is 5.60 Å². The number of carbonyl (C=O) groups is 2. The zero-order valence-electron chi connectivity index (χ0n) is 14.7. The molecule has 2 aromatic carbocycles. The smallest absolute Gasteiger partial charge is 0.339 e. The molecule has 0 spiro atoms. The normalized spacial score (nSPS) is 18.8. The Balaban J connectivity index is 2.37. The summed E-state index contributed by atoms with van der Waals surface area (Å²) in [6.45, 7) is -0.309. The highest BCUT2D eigenvalue weighted by Crippen LogP contribution is 2.42. The van der Waals surface area contributed by atoms with Crippen molar-refractivity contribution in [3.8, 4) is 5.75 Å². The van der Waals surface area contributed by atoms with Crippen LogP contribution in [0, 0.1) is 0 Å². The van der Waals surface area contributed by atoms with Crippen LogP contribution in [0.2, 0.25) is 5.02 Å². The predicted octanol–water partition coefficient (Wildman–Crippen LogP) is 2.72. The van der Waals surface area contributed by atoms with Crippen molar-refractivity contribution in [2.24, 2.45) is 0 Å². The summed E-state index contributed by atoms with van der Waals surface area (Å²) in [6.07, 6.45) is 0. The van der Waals surface area contributed by atoms with Gasteiger partial charge in [0.05, 0.1) is 25.4 Å². The summed E-state index contributed by atoms with van der Waals surface area (Å²) >= 11 is 5.94. The van der Waals surface area contributed by atoms with Crippen LogP contribution < -0.4 is 4.74 Å². The summed E-state index contributed by atoms with van der Waals surface area (Å²) < 4.78 is 15.5. The SMILES string of the molecule is COC(=O)C1=C(C(=O)OC)C(O)(c2ccc(Cl)cc2)COc2ccccc21. The van der Waals surface area contributed by atoms with Crippen LogP contribution in [0.1, 0.15) is 11.1 Å². The van der Waals surface area contributed by atoms with Gasteiger partial charge in [0.25, 0.3) is 0 Å². The predicted molar refractivity (Wildman–Crippen MR) is 98.2 cm³/mol. The van der Waals surface area contributed by atoms with Gasteiger partial charge in [0.1, 0.15) is 12.4 Å². The lowest BCUT2D eigenvalue weighted by Gasteiger charge is -2.29. The maximum Gasteiger partial charge on any atom is 0.339 e. The van der Waals surface area contributed by atoms with Crippen LogP contribution in [-0.4, -0.2) is 37.9 Å². The number of halogens is 1. The first-order chi connectivity index (χ1) is 12.9. The zero-order chi connectivity index (χ0) is 19.6. The van der Waals surface area contributed by atoms with Gasteiger partial charge in [-0.15, -0.1) is 0 Å². The molecule has 1 heterocycles. The summed E-state index contributed by atoms with van der Waals surface area (Å²) in [5.41, 5.74) is -1.68. The summed E-state index contributed by atoms with van der Waals surface area (Å²) in [6, 6.07) is 12.9.